The molecular weight excluding hydrogens is 170 g/mol. The molecule has 13 heavy (non-hydrogen) atoms. The minimum absolute atomic E-state index is 0.123. The Labute approximate surface area is 76.8 Å². The van der Waals surface area contributed by atoms with Crippen LogP contribution in [0.4, 0.5) is 0 Å². The molecule has 0 aromatic carbocycles. The number of likely N-dealkylation sites (N-methyl/N-ethyl adjacent to an activating group) is 1. The van der Waals surface area contributed by atoms with Crippen molar-refractivity contribution in [2.75, 3.05) is 20.2 Å². The Morgan fingerprint density at radius 2 is 2.38 bits per heavy atom. The first-order chi connectivity index (χ1) is 6.26. The molecule has 0 aliphatic carbocycles. The summed E-state index contributed by atoms with van der Waals surface area (Å²) in [7, 11) is 1.87. The van der Waals surface area contributed by atoms with E-state index in [0.29, 0.717) is 25.1 Å². The molecule has 0 bridgehead atoms. The van der Waals surface area contributed by atoms with E-state index in [4.69, 9.17) is 9.52 Å². The molecule has 72 valence electrons. The summed E-state index contributed by atoms with van der Waals surface area (Å²) in [6.45, 7) is 1.32. The summed E-state index contributed by atoms with van der Waals surface area (Å²) in [4.78, 5) is 12.2. The number of aliphatic hydroxyl groups excluding tert-OH is 1. The molecule has 1 N–H and O–H groups in total. The molecular formula is C9H13NO3. The van der Waals surface area contributed by atoms with Gasteiger partial charge >= 0.3 is 0 Å². The second-order valence-corrected chi connectivity index (χ2v) is 2.88. The van der Waals surface area contributed by atoms with E-state index in [2.05, 4.69) is 0 Å². The van der Waals surface area contributed by atoms with Gasteiger partial charge in [-0.25, -0.2) is 0 Å². The molecule has 4 nitrogen and oxygen atoms in total. The van der Waals surface area contributed by atoms with Gasteiger partial charge in [-0.05, 0) is 19.2 Å². The van der Waals surface area contributed by atoms with Gasteiger partial charge in [-0.2, -0.15) is 0 Å². The smallest absolute Gasteiger partial charge is 0.185 e. The summed E-state index contributed by atoms with van der Waals surface area (Å²) < 4.78 is 5.16. The maximum absolute atomic E-state index is 10.3. The van der Waals surface area contributed by atoms with E-state index < -0.39 is 0 Å². The van der Waals surface area contributed by atoms with E-state index >= 15 is 0 Å². The van der Waals surface area contributed by atoms with E-state index in [-0.39, 0.29) is 6.61 Å². The molecule has 0 amide bonds. The average Bonchev–Trinajstić information content (AvgIpc) is 2.52. The second kappa shape index (κ2) is 4.79. The van der Waals surface area contributed by atoms with E-state index in [1.165, 1.54) is 0 Å². The molecule has 0 aliphatic heterocycles. The van der Waals surface area contributed by atoms with Crippen molar-refractivity contribution in [1.82, 2.24) is 4.90 Å². The van der Waals surface area contributed by atoms with Crippen LogP contribution in [0.15, 0.2) is 16.5 Å². The number of carbonyl (C=O) groups excluding carboxylic acids is 1. The predicted molar refractivity (Wildman–Crippen MR) is 47.5 cm³/mol. The molecule has 0 fully saturated rings. The Balaban J connectivity index is 2.48. The van der Waals surface area contributed by atoms with Gasteiger partial charge in [0, 0.05) is 6.54 Å². The van der Waals surface area contributed by atoms with Crippen LogP contribution in [0.25, 0.3) is 0 Å². The summed E-state index contributed by atoms with van der Waals surface area (Å²) in [5.41, 5.74) is 0. The highest BCUT2D eigenvalue weighted by Gasteiger charge is 2.03. The summed E-state index contributed by atoms with van der Waals surface area (Å²) in [5, 5.41) is 8.64. The van der Waals surface area contributed by atoms with Crippen molar-refractivity contribution < 1.29 is 14.3 Å². The quantitative estimate of drug-likeness (QED) is 0.676. The summed E-state index contributed by atoms with van der Waals surface area (Å²) in [5.74, 6) is 1.07. The molecule has 1 aromatic heterocycles. The monoisotopic (exact) mass is 183 g/mol. The van der Waals surface area contributed by atoms with Crippen molar-refractivity contribution in [2.45, 2.75) is 6.54 Å². The van der Waals surface area contributed by atoms with Gasteiger partial charge in [0.15, 0.2) is 12.0 Å². The highest BCUT2D eigenvalue weighted by molar-refractivity contribution is 5.70. The van der Waals surface area contributed by atoms with Gasteiger partial charge in [-0.3, -0.25) is 9.69 Å². The molecule has 0 atom stereocenters. The molecule has 0 spiro atoms. The van der Waals surface area contributed by atoms with Gasteiger partial charge in [0.05, 0.1) is 13.2 Å². The number of hydrogen-bond donors (Lipinski definition) is 1. The average molecular weight is 183 g/mol. The number of aldehydes is 1. The lowest BCUT2D eigenvalue weighted by Gasteiger charge is -2.12. The minimum atomic E-state index is 0.123. The third kappa shape index (κ3) is 3.01. The van der Waals surface area contributed by atoms with Gasteiger partial charge in [-0.1, -0.05) is 0 Å². The number of furan rings is 1. The van der Waals surface area contributed by atoms with Crippen LogP contribution >= 0.6 is 0 Å². The first-order valence-electron chi connectivity index (χ1n) is 4.09. The standard InChI is InChI=1S/C9H13NO3/c1-10(4-5-11)6-8-2-3-9(7-12)13-8/h2-3,7,11H,4-6H2,1H3. The number of rotatable bonds is 5. The molecule has 1 rings (SSSR count). The van der Waals surface area contributed by atoms with Crippen molar-refractivity contribution in [3.63, 3.8) is 0 Å². The Bertz CT molecular complexity index is 270. The van der Waals surface area contributed by atoms with Crippen molar-refractivity contribution in [2.24, 2.45) is 0 Å². The van der Waals surface area contributed by atoms with Gasteiger partial charge in [0.1, 0.15) is 5.76 Å². The zero-order chi connectivity index (χ0) is 9.68. The van der Waals surface area contributed by atoms with Crippen LogP contribution in [-0.2, 0) is 6.54 Å². The normalized spacial score (nSPS) is 10.7. The fraction of sp³-hybridized carbons (Fsp3) is 0.444. The van der Waals surface area contributed by atoms with Crippen LogP contribution < -0.4 is 0 Å². The number of nitrogens with zero attached hydrogens (tertiary/aromatic N) is 1. The van der Waals surface area contributed by atoms with Gasteiger partial charge < -0.3 is 9.52 Å². The summed E-state index contributed by atoms with van der Waals surface area (Å²) in [6, 6.07) is 3.40. The Morgan fingerprint density at radius 1 is 1.62 bits per heavy atom. The largest absolute Gasteiger partial charge is 0.457 e. The Morgan fingerprint density at radius 3 is 2.92 bits per heavy atom. The van der Waals surface area contributed by atoms with E-state index in [1.807, 2.05) is 11.9 Å². The van der Waals surface area contributed by atoms with Gasteiger partial charge in [0.2, 0.25) is 0 Å². The van der Waals surface area contributed by atoms with Crippen LogP contribution in [0.1, 0.15) is 16.3 Å². The fourth-order valence-electron chi connectivity index (χ4n) is 1.06. The maximum Gasteiger partial charge on any atom is 0.185 e. The van der Waals surface area contributed by atoms with Crippen LogP contribution in [0.5, 0.6) is 0 Å². The first-order valence-corrected chi connectivity index (χ1v) is 4.09. The lowest BCUT2D eigenvalue weighted by molar-refractivity contribution is 0.109. The second-order valence-electron chi connectivity index (χ2n) is 2.88. The van der Waals surface area contributed by atoms with E-state index in [1.54, 1.807) is 12.1 Å². The van der Waals surface area contributed by atoms with Gasteiger partial charge in [0.25, 0.3) is 0 Å². The number of aliphatic hydroxyl groups is 1. The summed E-state index contributed by atoms with van der Waals surface area (Å²) >= 11 is 0. The third-order valence-electron chi connectivity index (χ3n) is 1.71. The third-order valence-corrected chi connectivity index (χ3v) is 1.71. The Hall–Kier alpha value is -1.13. The molecule has 0 unspecified atom stereocenters. The maximum atomic E-state index is 10.3. The number of hydrogen-bond acceptors (Lipinski definition) is 4. The lowest BCUT2D eigenvalue weighted by atomic mass is 10.4. The SMILES string of the molecule is CN(CCO)Cc1ccc(C=O)o1. The van der Waals surface area contributed by atoms with Crippen molar-refractivity contribution in [3.05, 3.63) is 23.7 Å². The van der Waals surface area contributed by atoms with E-state index in [0.717, 1.165) is 5.76 Å². The molecule has 0 aliphatic rings. The predicted octanol–water partition coefficient (Wildman–Crippen LogP) is 0.516. The van der Waals surface area contributed by atoms with Crippen LogP contribution in [0.2, 0.25) is 0 Å². The molecule has 0 saturated carbocycles. The zero-order valence-corrected chi connectivity index (χ0v) is 7.56. The highest BCUT2D eigenvalue weighted by atomic mass is 16.3. The molecule has 4 heteroatoms. The minimum Gasteiger partial charge on any atom is -0.457 e. The molecule has 0 radical (unpaired) electrons. The molecule has 1 heterocycles. The zero-order valence-electron chi connectivity index (χ0n) is 7.56. The molecule has 1 aromatic rings. The highest BCUT2D eigenvalue weighted by Crippen LogP contribution is 2.07. The van der Waals surface area contributed by atoms with Crippen molar-refractivity contribution in [3.8, 4) is 0 Å². The first kappa shape index (κ1) is 9.95. The number of carbonyl (C=O) groups is 1. The Kier molecular flexibility index (Phi) is 3.67. The van der Waals surface area contributed by atoms with E-state index in [9.17, 15) is 4.79 Å². The van der Waals surface area contributed by atoms with Crippen LogP contribution in [0.3, 0.4) is 0 Å². The van der Waals surface area contributed by atoms with Crippen LogP contribution in [-0.4, -0.2) is 36.5 Å². The fourth-order valence-corrected chi connectivity index (χ4v) is 1.06. The topological polar surface area (TPSA) is 53.7 Å². The van der Waals surface area contributed by atoms with Crippen LogP contribution in [0, 0.1) is 0 Å². The molecule has 0 saturated heterocycles. The van der Waals surface area contributed by atoms with Crippen molar-refractivity contribution in [1.29, 1.82) is 0 Å². The lowest BCUT2D eigenvalue weighted by Crippen LogP contribution is -2.21. The summed E-state index contributed by atoms with van der Waals surface area (Å²) in [6.07, 6.45) is 0.676. The van der Waals surface area contributed by atoms with Crippen molar-refractivity contribution >= 4 is 6.29 Å². The van der Waals surface area contributed by atoms with Gasteiger partial charge in [-0.15, -0.1) is 0 Å².